The van der Waals surface area contributed by atoms with Crippen LogP contribution >= 0.6 is 0 Å². The van der Waals surface area contributed by atoms with E-state index in [1.807, 2.05) is 0 Å². The van der Waals surface area contributed by atoms with Gasteiger partial charge in [0.1, 0.15) is 0 Å². The van der Waals surface area contributed by atoms with Crippen molar-refractivity contribution < 1.29 is 30.0 Å². The molecule has 1 radical (unpaired) electrons. The molecule has 0 amide bonds. The van der Waals surface area contributed by atoms with Gasteiger partial charge in [-0.1, -0.05) is 77.1 Å². The van der Waals surface area contributed by atoms with Crippen LogP contribution < -0.4 is 0 Å². The van der Waals surface area contributed by atoms with Crippen LogP contribution in [0.25, 0.3) is 22.2 Å². The number of aryl methyl sites for hydroxylation is 3. The van der Waals surface area contributed by atoms with Gasteiger partial charge in [0.15, 0.2) is 5.78 Å². The van der Waals surface area contributed by atoms with E-state index in [9.17, 15) is 9.90 Å². The van der Waals surface area contributed by atoms with E-state index in [0.717, 1.165) is 60.9 Å². The Bertz CT molecular complexity index is 1200. The van der Waals surface area contributed by atoms with E-state index >= 15 is 0 Å². The number of nitrogens with zero attached hydrogens (tertiary/aromatic N) is 1. The van der Waals surface area contributed by atoms with Gasteiger partial charge in [0.05, 0.1) is 11.3 Å². The monoisotopic (exact) mass is 675 g/mol. The van der Waals surface area contributed by atoms with Gasteiger partial charge in [0.2, 0.25) is 0 Å². The third-order valence-corrected chi connectivity index (χ3v) is 7.57. The van der Waals surface area contributed by atoms with Crippen molar-refractivity contribution in [3.8, 4) is 11.3 Å². The summed E-state index contributed by atoms with van der Waals surface area (Å²) in [7, 11) is 0. The number of aliphatic hydroxyl groups excluding tert-OH is 1. The Hall–Kier alpha value is -2.29. The van der Waals surface area contributed by atoms with Crippen LogP contribution in [0.2, 0.25) is 0 Å². The predicted octanol–water partition coefficient (Wildman–Crippen LogP) is 8.65. The van der Waals surface area contributed by atoms with Gasteiger partial charge in [-0.15, -0.1) is 34.9 Å². The maximum Gasteiger partial charge on any atom is 0.162 e. The molecule has 4 heteroatoms. The van der Waals surface area contributed by atoms with Crippen molar-refractivity contribution >= 4 is 16.7 Å². The summed E-state index contributed by atoms with van der Waals surface area (Å²) in [6.45, 7) is 6.43. The molecule has 2 fully saturated rings. The van der Waals surface area contributed by atoms with Crippen molar-refractivity contribution in [1.82, 2.24) is 4.98 Å². The molecule has 3 aromatic rings. The molecule has 2 aliphatic carbocycles. The minimum absolute atomic E-state index is 0. The number of aromatic nitrogens is 1. The third-order valence-electron chi connectivity index (χ3n) is 7.57. The number of para-hydroxylation sites is 1. The molecule has 37 heavy (non-hydrogen) atoms. The number of hydrogen-bond acceptors (Lipinski definition) is 3. The summed E-state index contributed by atoms with van der Waals surface area (Å²) in [4.78, 5) is 16.6. The number of aliphatic hydroxyl groups is 1. The number of carbonyl (C=O) groups excluding carboxylic acids is 1. The van der Waals surface area contributed by atoms with E-state index in [0.29, 0.717) is 5.76 Å². The summed E-state index contributed by atoms with van der Waals surface area (Å²) in [5, 5.41) is 11.1. The standard InChI is InChI=1S/C20H20N.C13H20O2.Ir/c1-4-7-16-13-20(17-11-14(2)10-15(3)12-17)21-19-9-6-5-8-18(16)19;14-12(10-5-1-2-6-10)9-13(15)11-7-3-4-8-11;/h5-6,8-11,13H,4,7H2,1-3H3;9-11,14H,1-8H2;/q-1;;/b;12-9-;. The Labute approximate surface area is 236 Å². The summed E-state index contributed by atoms with van der Waals surface area (Å²) in [6.07, 6.45) is 12.6. The molecule has 0 spiro atoms. The van der Waals surface area contributed by atoms with Crippen LogP contribution in [0, 0.1) is 31.7 Å². The van der Waals surface area contributed by atoms with Crippen LogP contribution in [-0.2, 0) is 31.3 Å². The molecule has 0 saturated heterocycles. The van der Waals surface area contributed by atoms with Crippen molar-refractivity contribution in [2.24, 2.45) is 11.8 Å². The minimum atomic E-state index is 0. The zero-order valence-electron chi connectivity index (χ0n) is 22.5. The molecular formula is C33H40IrNO2-. The maximum atomic E-state index is 11.8. The van der Waals surface area contributed by atoms with E-state index in [2.05, 4.69) is 69.3 Å². The topological polar surface area (TPSA) is 50.2 Å². The first-order valence-electron chi connectivity index (χ1n) is 13.8. The molecule has 0 atom stereocenters. The number of fused-ring (bicyclic) bond motifs is 1. The Morgan fingerprint density at radius 3 is 2.30 bits per heavy atom. The van der Waals surface area contributed by atoms with Crippen LogP contribution in [0.1, 0.15) is 81.4 Å². The number of benzene rings is 2. The first-order chi connectivity index (χ1) is 17.4. The molecular weight excluding hydrogens is 635 g/mol. The molecule has 5 rings (SSSR count). The zero-order chi connectivity index (χ0) is 25.5. The fourth-order valence-electron chi connectivity index (χ4n) is 5.71. The first-order valence-corrected chi connectivity index (χ1v) is 13.8. The average molecular weight is 675 g/mol. The Balaban J connectivity index is 0.000000211. The van der Waals surface area contributed by atoms with Crippen molar-refractivity contribution in [2.75, 3.05) is 0 Å². The van der Waals surface area contributed by atoms with E-state index in [-0.39, 0.29) is 37.7 Å². The second-order valence-corrected chi connectivity index (χ2v) is 10.6. The van der Waals surface area contributed by atoms with Crippen LogP contribution in [-0.4, -0.2) is 15.9 Å². The van der Waals surface area contributed by atoms with Crippen molar-refractivity contribution in [3.63, 3.8) is 0 Å². The smallest absolute Gasteiger partial charge is 0.162 e. The fourth-order valence-corrected chi connectivity index (χ4v) is 5.71. The number of allylic oxidation sites excluding steroid dienone is 2. The molecule has 2 saturated carbocycles. The van der Waals surface area contributed by atoms with Crippen LogP contribution in [0.5, 0.6) is 0 Å². The number of hydrogen-bond donors (Lipinski definition) is 1. The van der Waals surface area contributed by atoms with Gasteiger partial charge in [-0.2, -0.15) is 0 Å². The first kappa shape index (κ1) is 29.3. The van der Waals surface area contributed by atoms with E-state index in [4.69, 9.17) is 4.98 Å². The molecule has 0 unspecified atom stereocenters. The van der Waals surface area contributed by atoms with E-state index in [1.165, 1.54) is 48.3 Å². The molecule has 0 aliphatic heterocycles. The second-order valence-electron chi connectivity index (χ2n) is 10.6. The number of carbonyl (C=O) groups is 1. The summed E-state index contributed by atoms with van der Waals surface area (Å²) in [6, 6.07) is 18.4. The maximum absolute atomic E-state index is 11.8. The van der Waals surface area contributed by atoms with Gasteiger partial charge in [-0.3, -0.25) is 9.78 Å². The van der Waals surface area contributed by atoms with Gasteiger partial charge in [0, 0.05) is 43.4 Å². The predicted molar refractivity (Wildman–Crippen MR) is 149 cm³/mol. The number of rotatable bonds is 6. The van der Waals surface area contributed by atoms with Gasteiger partial charge in [0.25, 0.3) is 0 Å². The second kappa shape index (κ2) is 14.0. The molecule has 199 valence electrons. The van der Waals surface area contributed by atoms with Crippen LogP contribution in [0.3, 0.4) is 0 Å². The fraction of sp³-hybridized carbons (Fsp3) is 0.455. The van der Waals surface area contributed by atoms with Gasteiger partial charge in [-0.05, 0) is 49.4 Å². The van der Waals surface area contributed by atoms with Crippen molar-refractivity contribution in [2.45, 2.75) is 85.0 Å². The summed E-state index contributed by atoms with van der Waals surface area (Å²) < 4.78 is 0. The Kier molecular flexibility index (Phi) is 11.1. The minimum Gasteiger partial charge on any atom is -0.512 e. The van der Waals surface area contributed by atoms with Gasteiger partial charge < -0.3 is 5.11 Å². The quantitative estimate of drug-likeness (QED) is 0.162. The molecule has 1 N–H and O–H groups in total. The molecule has 1 aromatic heterocycles. The van der Waals surface area contributed by atoms with E-state index < -0.39 is 0 Å². The normalized spacial score (nSPS) is 16.4. The molecule has 2 aliphatic rings. The number of ketones is 1. The summed E-state index contributed by atoms with van der Waals surface area (Å²) in [5.41, 5.74) is 7.00. The summed E-state index contributed by atoms with van der Waals surface area (Å²) >= 11 is 0. The Morgan fingerprint density at radius 2 is 1.65 bits per heavy atom. The molecule has 0 bridgehead atoms. The molecule has 2 aromatic carbocycles. The average Bonchev–Trinajstić information content (AvgIpc) is 3.59. The zero-order valence-corrected chi connectivity index (χ0v) is 24.9. The van der Waals surface area contributed by atoms with Gasteiger partial charge in [-0.25, -0.2) is 0 Å². The van der Waals surface area contributed by atoms with Gasteiger partial charge >= 0.3 is 0 Å². The third kappa shape index (κ3) is 7.85. The largest absolute Gasteiger partial charge is 0.512 e. The van der Waals surface area contributed by atoms with Crippen molar-refractivity contribution in [1.29, 1.82) is 0 Å². The molecule has 3 nitrogen and oxygen atoms in total. The Morgan fingerprint density at radius 1 is 1.00 bits per heavy atom. The molecule has 1 heterocycles. The van der Waals surface area contributed by atoms with E-state index in [1.54, 1.807) is 0 Å². The number of pyridine rings is 1. The van der Waals surface area contributed by atoms with Crippen molar-refractivity contribution in [3.05, 3.63) is 77.1 Å². The SMILES string of the molecule is CCCc1cc(-c2[c-]c(C)cc(C)c2)nc2ccccc12.O=C(/C=C(\O)C1CCCC1)C1CCCC1.[Ir]. The summed E-state index contributed by atoms with van der Waals surface area (Å²) in [5.74, 6) is 0.991. The van der Waals surface area contributed by atoms with Crippen LogP contribution in [0.15, 0.2) is 54.3 Å². The van der Waals surface area contributed by atoms with Crippen LogP contribution in [0.4, 0.5) is 0 Å².